The standard InChI is InChI=1S/C17H19NO2/c1-11(2)13-4-6-14(7-5-13)20-15-8-9-16(12(3)19)17(18)10-15/h4-11H,18H2,1-3H3. The quantitative estimate of drug-likeness (QED) is 0.661. The number of ketones is 1. The van der Waals surface area contributed by atoms with Crippen LogP contribution < -0.4 is 10.5 Å². The first-order valence-electron chi connectivity index (χ1n) is 6.65. The molecule has 2 rings (SSSR count). The molecule has 0 spiro atoms. The molecular formula is C17H19NO2. The third kappa shape index (κ3) is 3.18. The highest BCUT2D eigenvalue weighted by molar-refractivity contribution is 5.99. The minimum absolute atomic E-state index is 0.0460. The number of carbonyl (C=O) groups is 1. The molecule has 20 heavy (non-hydrogen) atoms. The number of nitrogens with two attached hydrogens (primary N) is 1. The van der Waals surface area contributed by atoms with E-state index >= 15 is 0 Å². The Morgan fingerprint density at radius 2 is 1.65 bits per heavy atom. The predicted molar refractivity (Wildman–Crippen MR) is 81.5 cm³/mol. The summed E-state index contributed by atoms with van der Waals surface area (Å²) in [6, 6.07) is 13.1. The van der Waals surface area contributed by atoms with Crippen molar-refractivity contribution < 1.29 is 9.53 Å². The van der Waals surface area contributed by atoms with Crippen LogP contribution >= 0.6 is 0 Å². The third-order valence-corrected chi connectivity index (χ3v) is 3.18. The molecule has 2 aromatic carbocycles. The largest absolute Gasteiger partial charge is 0.457 e. The number of Topliss-reactive ketones (excluding diaryl/α,β-unsaturated/α-hetero) is 1. The summed E-state index contributed by atoms with van der Waals surface area (Å²) < 4.78 is 5.74. The average molecular weight is 269 g/mol. The van der Waals surface area contributed by atoms with Gasteiger partial charge in [0.25, 0.3) is 0 Å². The van der Waals surface area contributed by atoms with E-state index in [1.165, 1.54) is 12.5 Å². The van der Waals surface area contributed by atoms with Crippen LogP contribution in [0.4, 0.5) is 5.69 Å². The summed E-state index contributed by atoms with van der Waals surface area (Å²) in [6.45, 7) is 5.80. The molecule has 0 bridgehead atoms. The van der Waals surface area contributed by atoms with Crippen LogP contribution in [0.15, 0.2) is 42.5 Å². The van der Waals surface area contributed by atoms with Crippen molar-refractivity contribution in [3.8, 4) is 11.5 Å². The van der Waals surface area contributed by atoms with Gasteiger partial charge in [0.2, 0.25) is 0 Å². The van der Waals surface area contributed by atoms with Crippen molar-refractivity contribution in [1.29, 1.82) is 0 Å². The molecule has 0 aromatic heterocycles. The molecule has 3 heteroatoms. The topological polar surface area (TPSA) is 52.3 Å². The summed E-state index contributed by atoms with van der Waals surface area (Å²) in [5, 5.41) is 0. The summed E-state index contributed by atoms with van der Waals surface area (Å²) >= 11 is 0. The highest BCUT2D eigenvalue weighted by atomic mass is 16.5. The Morgan fingerprint density at radius 3 is 2.15 bits per heavy atom. The molecule has 0 unspecified atom stereocenters. The minimum Gasteiger partial charge on any atom is -0.457 e. The lowest BCUT2D eigenvalue weighted by atomic mass is 10.0. The van der Waals surface area contributed by atoms with Crippen molar-refractivity contribution in [3.05, 3.63) is 53.6 Å². The summed E-state index contributed by atoms with van der Waals surface area (Å²) in [5.41, 5.74) is 8.07. The zero-order chi connectivity index (χ0) is 14.7. The van der Waals surface area contributed by atoms with Crippen LogP contribution in [0.1, 0.15) is 42.6 Å². The van der Waals surface area contributed by atoms with Gasteiger partial charge in [-0.05, 0) is 42.7 Å². The maximum atomic E-state index is 11.3. The van der Waals surface area contributed by atoms with Crippen LogP contribution in [-0.4, -0.2) is 5.78 Å². The Kier molecular flexibility index (Phi) is 4.08. The zero-order valence-corrected chi connectivity index (χ0v) is 12.0. The molecular weight excluding hydrogens is 250 g/mol. The lowest BCUT2D eigenvalue weighted by molar-refractivity contribution is 0.101. The number of carbonyl (C=O) groups excluding carboxylic acids is 1. The van der Waals surface area contributed by atoms with E-state index in [1.807, 2.05) is 24.3 Å². The fraction of sp³-hybridized carbons (Fsp3) is 0.235. The molecule has 0 atom stereocenters. The number of hydrogen-bond donors (Lipinski definition) is 1. The number of benzene rings is 2. The van der Waals surface area contributed by atoms with Crippen LogP contribution in [-0.2, 0) is 0 Å². The van der Waals surface area contributed by atoms with Gasteiger partial charge in [-0.1, -0.05) is 26.0 Å². The van der Waals surface area contributed by atoms with Gasteiger partial charge in [-0.25, -0.2) is 0 Å². The maximum Gasteiger partial charge on any atom is 0.161 e. The Hall–Kier alpha value is -2.29. The lowest BCUT2D eigenvalue weighted by Gasteiger charge is -2.10. The molecule has 0 saturated carbocycles. The van der Waals surface area contributed by atoms with Crippen molar-refractivity contribution in [2.24, 2.45) is 0 Å². The number of anilines is 1. The smallest absolute Gasteiger partial charge is 0.161 e. The third-order valence-electron chi connectivity index (χ3n) is 3.18. The van der Waals surface area contributed by atoms with Gasteiger partial charge in [0, 0.05) is 17.3 Å². The molecule has 0 heterocycles. The number of ether oxygens (including phenoxy) is 1. The zero-order valence-electron chi connectivity index (χ0n) is 12.0. The van der Waals surface area contributed by atoms with E-state index in [0.29, 0.717) is 22.9 Å². The summed E-state index contributed by atoms with van der Waals surface area (Å²) in [6.07, 6.45) is 0. The Bertz CT molecular complexity index is 615. The molecule has 104 valence electrons. The van der Waals surface area contributed by atoms with Gasteiger partial charge in [0.15, 0.2) is 5.78 Å². The molecule has 0 aliphatic rings. The first kappa shape index (κ1) is 14.1. The van der Waals surface area contributed by atoms with Gasteiger partial charge >= 0.3 is 0 Å². The van der Waals surface area contributed by atoms with Gasteiger partial charge in [0.05, 0.1) is 0 Å². The van der Waals surface area contributed by atoms with Crippen LogP contribution in [0.25, 0.3) is 0 Å². The van der Waals surface area contributed by atoms with Crippen molar-refractivity contribution in [2.75, 3.05) is 5.73 Å². The Labute approximate surface area is 119 Å². The highest BCUT2D eigenvalue weighted by Crippen LogP contribution is 2.27. The normalized spacial score (nSPS) is 10.6. The predicted octanol–water partition coefficient (Wildman–Crippen LogP) is 4.39. The summed E-state index contributed by atoms with van der Waals surface area (Å²) in [4.78, 5) is 11.3. The van der Waals surface area contributed by atoms with Crippen LogP contribution in [0.2, 0.25) is 0 Å². The molecule has 0 amide bonds. The van der Waals surface area contributed by atoms with E-state index in [0.717, 1.165) is 5.75 Å². The summed E-state index contributed by atoms with van der Waals surface area (Å²) in [5.74, 6) is 1.83. The molecule has 2 N–H and O–H groups in total. The highest BCUT2D eigenvalue weighted by Gasteiger charge is 2.07. The molecule has 0 radical (unpaired) electrons. The second-order valence-corrected chi connectivity index (χ2v) is 5.13. The van der Waals surface area contributed by atoms with Crippen LogP contribution in [0.3, 0.4) is 0 Å². The fourth-order valence-electron chi connectivity index (χ4n) is 1.98. The molecule has 0 saturated heterocycles. The van der Waals surface area contributed by atoms with Crippen LogP contribution in [0.5, 0.6) is 11.5 Å². The second-order valence-electron chi connectivity index (χ2n) is 5.13. The van der Waals surface area contributed by atoms with Crippen LogP contribution in [0, 0.1) is 0 Å². The van der Waals surface area contributed by atoms with E-state index in [9.17, 15) is 4.79 Å². The number of rotatable bonds is 4. The SMILES string of the molecule is CC(=O)c1ccc(Oc2ccc(C(C)C)cc2)cc1N. The Morgan fingerprint density at radius 1 is 1.05 bits per heavy atom. The van der Waals surface area contributed by atoms with E-state index in [2.05, 4.69) is 13.8 Å². The lowest BCUT2D eigenvalue weighted by Crippen LogP contribution is -1.99. The van der Waals surface area contributed by atoms with E-state index < -0.39 is 0 Å². The Balaban J connectivity index is 2.17. The van der Waals surface area contributed by atoms with E-state index in [-0.39, 0.29) is 5.78 Å². The van der Waals surface area contributed by atoms with Crippen molar-refractivity contribution in [1.82, 2.24) is 0 Å². The van der Waals surface area contributed by atoms with Crippen molar-refractivity contribution >= 4 is 11.5 Å². The van der Waals surface area contributed by atoms with Crippen molar-refractivity contribution in [3.63, 3.8) is 0 Å². The molecule has 0 aliphatic heterocycles. The van der Waals surface area contributed by atoms with Gasteiger partial charge in [-0.3, -0.25) is 4.79 Å². The first-order chi connectivity index (χ1) is 9.47. The minimum atomic E-state index is -0.0460. The number of nitrogen functional groups attached to an aromatic ring is 1. The fourth-order valence-corrected chi connectivity index (χ4v) is 1.98. The summed E-state index contributed by atoms with van der Waals surface area (Å²) in [7, 11) is 0. The molecule has 0 fully saturated rings. The van der Waals surface area contributed by atoms with E-state index in [1.54, 1.807) is 18.2 Å². The first-order valence-corrected chi connectivity index (χ1v) is 6.65. The molecule has 3 nitrogen and oxygen atoms in total. The average Bonchev–Trinajstić information content (AvgIpc) is 2.39. The monoisotopic (exact) mass is 269 g/mol. The number of hydrogen-bond acceptors (Lipinski definition) is 3. The second kappa shape index (κ2) is 5.78. The van der Waals surface area contributed by atoms with Gasteiger partial charge in [-0.15, -0.1) is 0 Å². The van der Waals surface area contributed by atoms with Crippen molar-refractivity contribution in [2.45, 2.75) is 26.7 Å². The van der Waals surface area contributed by atoms with Gasteiger partial charge in [-0.2, -0.15) is 0 Å². The maximum absolute atomic E-state index is 11.3. The molecule has 2 aromatic rings. The molecule has 0 aliphatic carbocycles. The van der Waals surface area contributed by atoms with Gasteiger partial charge < -0.3 is 10.5 Å². The van der Waals surface area contributed by atoms with Gasteiger partial charge in [0.1, 0.15) is 11.5 Å². The van der Waals surface area contributed by atoms with E-state index in [4.69, 9.17) is 10.5 Å².